The van der Waals surface area contributed by atoms with E-state index in [-0.39, 0.29) is 0 Å². The summed E-state index contributed by atoms with van der Waals surface area (Å²) < 4.78 is 14.2. The molecule has 6 heavy (non-hydrogen) atoms. The Morgan fingerprint density at radius 2 is 2.50 bits per heavy atom. The zero-order valence-corrected chi connectivity index (χ0v) is 4.33. The number of hydrogen-bond donors (Lipinski definition) is 0. The summed E-state index contributed by atoms with van der Waals surface area (Å²) in [5.74, 6) is 0. The summed E-state index contributed by atoms with van der Waals surface area (Å²) in [4.78, 5) is 0. The topological polar surface area (TPSA) is 26.3 Å². The number of hydrogen-bond acceptors (Lipinski definition) is 2. The van der Waals surface area contributed by atoms with Crippen LogP contribution in [0.1, 0.15) is 0 Å². The van der Waals surface area contributed by atoms with E-state index in [1.165, 1.54) is 12.5 Å². The van der Waals surface area contributed by atoms with E-state index in [0.29, 0.717) is 0 Å². The van der Waals surface area contributed by atoms with E-state index in [2.05, 4.69) is 10.8 Å². The van der Waals surface area contributed by atoms with Crippen LogP contribution in [0.2, 0.25) is 0 Å². The lowest BCUT2D eigenvalue weighted by molar-refractivity contribution is 0.452. The lowest BCUT2D eigenvalue weighted by Crippen LogP contribution is -1.81. The van der Waals surface area contributed by atoms with Crippen LogP contribution in [0, 0.1) is 0 Å². The molecule has 0 saturated heterocycles. The highest BCUT2D eigenvalue weighted by Crippen LogP contribution is 1.77. The third kappa shape index (κ3) is 2.11. The van der Waals surface area contributed by atoms with Crippen LogP contribution >= 0.6 is 0 Å². The highest BCUT2D eigenvalue weighted by atomic mass is 32.2. The second-order valence-electron chi connectivity index (χ2n) is 0.594. The fraction of sp³-hybridized carbons (Fsp3) is 0.333. The Hall–Kier alpha value is -0.150. The molecule has 0 radical (unpaired) electrons. The van der Waals surface area contributed by atoms with Gasteiger partial charge in [0.1, 0.15) is 0 Å². The molecular formula is C3H6O2S. The molecule has 2 nitrogen and oxygen atoms in total. The summed E-state index contributed by atoms with van der Waals surface area (Å²) in [5.41, 5.74) is 0. The van der Waals surface area contributed by atoms with Crippen LogP contribution in [0.5, 0.6) is 0 Å². The first-order valence-electron chi connectivity index (χ1n) is 1.39. The van der Waals surface area contributed by atoms with Crippen molar-refractivity contribution in [2.24, 2.45) is 0 Å². The van der Waals surface area contributed by atoms with Gasteiger partial charge in [0.15, 0.2) is 11.1 Å². The molecule has 0 amide bonds. The first kappa shape index (κ1) is 5.85. The van der Waals surface area contributed by atoms with Gasteiger partial charge < -0.3 is 0 Å². The van der Waals surface area contributed by atoms with Crippen molar-refractivity contribution < 1.29 is 8.39 Å². The summed E-state index contributed by atoms with van der Waals surface area (Å²) in [5, 5.41) is 1.22. The first-order valence-corrected chi connectivity index (χ1v) is 2.52. The molecule has 0 aromatic carbocycles. The van der Waals surface area contributed by atoms with Crippen LogP contribution in [0.3, 0.4) is 0 Å². The van der Waals surface area contributed by atoms with Gasteiger partial charge in [0.25, 0.3) is 0 Å². The molecule has 0 aliphatic rings. The third-order valence-corrected chi connectivity index (χ3v) is 0.901. The summed E-state index contributed by atoms with van der Waals surface area (Å²) in [6, 6.07) is 0. The van der Waals surface area contributed by atoms with E-state index in [4.69, 9.17) is 0 Å². The minimum atomic E-state index is -1.27. The molecule has 0 saturated carbocycles. The van der Waals surface area contributed by atoms with Gasteiger partial charge in [0, 0.05) is 5.41 Å². The summed E-state index contributed by atoms with van der Waals surface area (Å²) in [6.07, 6.45) is 0. The average Bonchev–Trinajstić information content (AvgIpc) is 1.65. The van der Waals surface area contributed by atoms with Crippen molar-refractivity contribution in [1.29, 1.82) is 0 Å². The van der Waals surface area contributed by atoms with E-state index in [1.54, 1.807) is 0 Å². The Morgan fingerprint density at radius 1 is 2.00 bits per heavy atom. The summed E-state index contributed by atoms with van der Waals surface area (Å²) >= 11 is -1.27. The van der Waals surface area contributed by atoms with Crippen LogP contribution in [-0.2, 0) is 15.3 Å². The third-order valence-electron chi connectivity index (χ3n) is 0.300. The molecule has 0 aliphatic carbocycles. The van der Waals surface area contributed by atoms with Crippen LogP contribution in [0.25, 0.3) is 0 Å². The highest BCUT2D eigenvalue weighted by molar-refractivity contribution is 7.83. The van der Waals surface area contributed by atoms with Crippen molar-refractivity contribution in [2.45, 2.75) is 0 Å². The van der Waals surface area contributed by atoms with E-state index in [0.717, 1.165) is 0 Å². The van der Waals surface area contributed by atoms with Crippen LogP contribution in [0.15, 0.2) is 12.0 Å². The van der Waals surface area contributed by atoms with Gasteiger partial charge in [-0.05, 0) is 0 Å². The van der Waals surface area contributed by atoms with Gasteiger partial charge >= 0.3 is 0 Å². The average molecular weight is 106 g/mol. The molecule has 36 valence electrons. The molecule has 0 rings (SSSR count). The lowest BCUT2D eigenvalue weighted by Gasteiger charge is -1.81. The smallest absolute Gasteiger partial charge is 0.180 e. The molecule has 0 fully saturated rings. The fourth-order valence-corrected chi connectivity index (χ4v) is 0.204. The Morgan fingerprint density at radius 3 is 2.50 bits per heavy atom. The van der Waals surface area contributed by atoms with Crippen LogP contribution < -0.4 is 0 Å². The normalized spacial score (nSPS) is 13.5. The van der Waals surface area contributed by atoms with Crippen molar-refractivity contribution >= 4 is 11.1 Å². The molecule has 3 heteroatoms. The van der Waals surface area contributed by atoms with Crippen molar-refractivity contribution in [1.82, 2.24) is 0 Å². The second kappa shape index (κ2) is 3.06. The predicted molar refractivity (Wildman–Crippen MR) is 25.3 cm³/mol. The van der Waals surface area contributed by atoms with Gasteiger partial charge in [-0.1, -0.05) is 6.58 Å². The largest absolute Gasteiger partial charge is 0.291 e. The minimum Gasteiger partial charge on any atom is -0.291 e. The molecule has 0 spiro atoms. The molecular weight excluding hydrogens is 100 g/mol. The standard InChI is InChI=1S/C3H6O2S/c1-3-6(4)5-2/h3H,1H2,2H3. The Labute approximate surface area is 39.5 Å². The van der Waals surface area contributed by atoms with E-state index in [9.17, 15) is 4.21 Å². The van der Waals surface area contributed by atoms with Crippen molar-refractivity contribution in [3.05, 3.63) is 12.0 Å². The molecule has 0 N–H and O–H groups in total. The SMILES string of the molecule is C=CS(=O)OC. The van der Waals surface area contributed by atoms with Gasteiger partial charge in [-0.25, -0.2) is 4.21 Å². The Bertz CT molecular complexity index is 69.2. The minimum absolute atomic E-state index is 1.22. The lowest BCUT2D eigenvalue weighted by atomic mass is 11.3. The van der Waals surface area contributed by atoms with Gasteiger partial charge in [-0.3, -0.25) is 4.18 Å². The van der Waals surface area contributed by atoms with Crippen LogP contribution in [0.4, 0.5) is 0 Å². The molecule has 0 heterocycles. The van der Waals surface area contributed by atoms with E-state index < -0.39 is 11.1 Å². The zero-order chi connectivity index (χ0) is 4.99. The van der Waals surface area contributed by atoms with Crippen molar-refractivity contribution in [3.8, 4) is 0 Å². The summed E-state index contributed by atoms with van der Waals surface area (Å²) in [6.45, 7) is 3.21. The highest BCUT2D eigenvalue weighted by Gasteiger charge is 1.78. The molecule has 0 aromatic heterocycles. The Kier molecular flexibility index (Phi) is 2.98. The molecule has 0 aliphatic heterocycles. The van der Waals surface area contributed by atoms with Gasteiger partial charge in [0.2, 0.25) is 0 Å². The van der Waals surface area contributed by atoms with Crippen molar-refractivity contribution in [2.75, 3.05) is 7.11 Å². The van der Waals surface area contributed by atoms with Gasteiger partial charge in [0.05, 0.1) is 7.11 Å². The molecule has 1 unspecified atom stereocenters. The number of rotatable bonds is 2. The molecule has 0 aromatic rings. The van der Waals surface area contributed by atoms with Crippen molar-refractivity contribution in [3.63, 3.8) is 0 Å². The van der Waals surface area contributed by atoms with Gasteiger partial charge in [-0.15, -0.1) is 0 Å². The maximum absolute atomic E-state index is 9.95. The fourth-order valence-electron chi connectivity index (χ4n) is 0.0680. The maximum Gasteiger partial charge on any atom is 0.180 e. The van der Waals surface area contributed by atoms with E-state index in [1.807, 2.05) is 0 Å². The van der Waals surface area contributed by atoms with Crippen LogP contribution in [-0.4, -0.2) is 11.3 Å². The summed E-state index contributed by atoms with van der Waals surface area (Å²) in [7, 11) is 1.36. The zero-order valence-electron chi connectivity index (χ0n) is 3.51. The Balaban J connectivity index is 3.23. The predicted octanol–water partition coefficient (Wildman–Crippen LogP) is 0.440. The first-order chi connectivity index (χ1) is 2.81. The monoisotopic (exact) mass is 106 g/mol. The quantitative estimate of drug-likeness (QED) is 0.510. The molecule has 1 atom stereocenters. The maximum atomic E-state index is 9.95. The second-order valence-corrected chi connectivity index (χ2v) is 1.78. The van der Waals surface area contributed by atoms with E-state index >= 15 is 0 Å². The molecule has 0 bridgehead atoms. The van der Waals surface area contributed by atoms with Gasteiger partial charge in [-0.2, -0.15) is 0 Å².